The van der Waals surface area contributed by atoms with E-state index in [0.717, 1.165) is 24.2 Å². The summed E-state index contributed by atoms with van der Waals surface area (Å²) in [6.07, 6.45) is 0.750. The van der Waals surface area contributed by atoms with Crippen molar-refractivity contribution in [1.82, 2.24) is 4.90 Å². The number of carbonyl (C=O) groups excluding carboxylic acids is 2. The zero-order chi connectivity index (χ0) is 25.8. The molecule has 2 atom stereocenters. The van der Waals surface area contributed by atoms with Gasteiger partial charge in [0.25, 0.3) is 5.91 Å². The number of esters is 1. The SMILES string of the molecule is CCOC(=O)c1ccc(N2CC[C@@H](N(C)C(=O)c3ccc(Cl)cc3)[C@H](c3ccc(Cl)c(Cl)c3)C2)cc1. The Bertz CT molecular complexity index is 1230. The molecule has 1 aliphatic heterocycles. The highest BCUT2D eigenvalue weighted by atomic mass is 35.5. The number of carbonyl (C=O) groups is 2. The van der Waals surface area contributed by atoms with Gasteiger partial charge >= 0.3 is 5.97 Å². The van der Waals surface area contributed by atoms with E-state index < -0.39 is 0 Å². The maximum Gasteiger partial charge on any atom is 0.338 e. The molecule has 0 radical (unpaired) electrons. The third kappa shape index (κ3) is 5.80. The van der Waals surface area contributed by atoms with Crippen molar-refractivity contribution in [2.24, 2.45) is 0 Å². The number of rotatable bonds is 6. The highest BCUT2D eigenvalue weighted by Crippen LogP contribution is 2.36. The highest BCUT2D eigenvalue weighted by Gasteiger charge is 2.35. The Morgan fingerprint density at radius 1 is 0.944 bits per heavy atom. The molecule has 3 aromatic carbocycles. The maximum absolute atomic E-state index is 13.3. The lowest BCUT2D eigenvalue weighted by Gasteiger charge is -2.44. The summed E-state index contributed by atoms with van der Waals surface area (Å²) in [5.41, 5.74) is 3.12. The summed E-state index contributed by atoms with van der Waals surface area (Å²) in [7, 11) is 1.84. The summed E-state index contributed by atoms with van der Waals surface area (Å²) in [6.45, 7) is 3.54. The molecule has 4 rings (SSSR count). The first-order valence-electron chi connectivity index (χ1n) is 11.8. The summed E-state index contributed by atoms with van der Waals surface area (Å²) in [6, 6.07) is 20.0. The summed E-state index contributed by atoms with van der Waals surface area (Å²) in [4.78, 5) is 29.5. The van der Waals surface area contributed by atoms with Gasteiger partial charge in [0.2, 0.25) is 0 Å². The number of hydrogen-bond donors (Lipinski definition) is 0. The van der Waals surface area contributed by atoms with Gasteiger partial charge in [0.1, 0.15) is 0 Å². The second-order valence-electron chi connectivity index (χ2n) is 8.77. The third-order valence-corrected chi connectivity index (χ3v) is 7.59. The summed E-state index contributed by atoms with van der Waals surface area (Å²) < 4.78 is 5.09. The Morgan fingerprint density at radius 2 is 1.61 bits per heavy atom. The second kappa shape index (κ2) is 11.5. The Kier molecular flexibility index (Phi) is 8.45. The monoisotopic (exact) mass is 544 g/mol. The number of anilines is 1. The van der Waals surface area contributed by atoms with Crippen molar-refractivity contribution in [3.8, 4) is 0 Å². The van der Waals surface area contributed by atoms with E-state index in [1.165, 1.54) is 0 Å². The molecule has 0 aromatic heterocycles. The fraction of sp³-hybridized carbons (Fsp3) is 0.286. The Labute approximate surface area is 226 Å². The van der Waals surface area contributed by atoms with Crippen molar-refractivity contribution in [1.29, 1.82) is 0 Å². The topological polar surface area (TPSA) is 49.9 Å². The lowest BCUT2D eigenvalue weighted by Crippen LogP contribution is -2.50. The number of halogens is 3. The van der Waals surface area contributed by atoms with Gasteiger partial charge in [-0.25, -0.2) is 4.79 Å². The van der Waals surface area contributed by atoms with Gasteiger partial charge < -0.3 is 14.5 Å². The largest absolute Gasteiger partial charge is 0.462 e. The van der Waals surface area contributed by atoms with E-state index in [1.807, 2.05) is 36.2 Å². The fourth-order valence-electron chi connectivity index (χ4n) is 4.68. The first kappa shape index (κ1) is 26.3. The summed E-state index contributed by atoms with van der Waals surface area (Å²) in [5.74, 6) is -0.410. The van der Waals surface area contributed by atoms with Gasteiger partial charge in [0.15, 0.2) is 0 Å². The van der Waals surface area contributed by atoms with E-state index in [9.17, 15) is 9.59 Å². The number of nitrogens with zero attached hydrogens (tertiary/aromatic N) is 2. The molecule has 0 N–H and O–H groups in total. The van der Waals surface area contributed by atoms with Gasteiger partial charge in [-0.1, -0.05) is 40.9 Å². The molecule has 36 heavy (non-hydrogen) atoms. The highest BCUT2D eigenvalue weighted by molar-refractivity contribution is 6.42. The molecule has 0 aliphatic carbocycles. The van der Waals surface area contributed by atoms with Crippen molar-refractivity contribution in [3.63, 3.8) is 0 Å². The van der Waals surface area contributed by atoms with Crippen molar-refractivity contribution in [2.75, 3.05) is 31.6 Å². The van der Waals surface area contributed by atoms with Crippen molar-refractivity contribution in [2.45, 2.75) is 25.3 Å². The minimum Gasteiger partial charge on any atom is -0.462 e. The number of likely N-dealkylation sites (N-methyl/N-ethyl adjacent to an activating group) is 1. The van der Waals surface area contributed by atoms with Crippen LogP contribution >= 0.6 is 34.8 Å². The van der Waals surface area contributed by atoms with Crippen LogP contribution in [0, 0.1) is 0 Å². The van der Waals surface area contributed by atoms with Crippen LogP contribution in [0.5, 0.6) is 0 Å². The first-order valence-corrected chi connectivity index (χ1v) is 12.9. The molecular formula is C28H27Cl3N2O3. The molecule has 5 nitrogen and oxygen atoms in total. The van der Waals surface area contributed by atoms with Crippen LogP contribution in [-0.4, -0.2) is 49.6 Å². The average Bonchev–Trinajstić information content (AvgIpc) is 2.90. The van der Waals surface area contributed by atoms with Gasteiger partial charge in [-0.05, 0) is 79.6 Å². The van der Waals surface area contributed by atoms with E-state index in [1.54, 1.807) is 49.4 Å². The maximum atomic E-state index is 13.3. The zero-order valence-corrected chi connectivity index (χ0v) is 22.4. The first-order chi connectivity index (χ1) is 17.3. The minimum atomic E-state index is -0.334. The molecule has 1 fully saturated rings. The van der Waals surface area contributed by atoms with Gasteiger partial charge in [-0.15, -0.1) is 0 Å². The van der Waals surface area contributed by atoms with E-state index in [2.05, 4.69) is 4.90 Å². The van der Waals surface area contributed by atoms with Gasteiger partial charge in [-0.2, -0.15) is 0 Å². The predicted octanol–water partition coefficient (Wildman–Crippen LogP) is 6.96. The Balaban J connectivity index is 1.61. The molecule has 1 amide bonds. The molecule has 0 spiro atoms. The molecule has 188 valence electrons. The van der Waals surface area contributed by atoms with Crippen LogP contribution in [0.3, 0.4) is 0 Å². The summed E-state index contributed by atoms with van der Waals surface area (Å²) >= 11 is 18.6. The molecule has 0 saturated carbocycles. The molecule has 1 aliphatic rings. The van der Waals surface area contributed by atoms with Crippen LogP contribution in [0.1, 0.15) is 45.5 Å². The Hall–Kier alpha value is -2.73. The normalized spacial score (nSPS) is 17.5. The minimum absolute atomic E-state index is 0.0144. The van der Waals surface area contributed by atoms with E-state index in [4.69, 9.17) is 39.5 Å². The second-order valence-corrected chi connectivity index (χ2v) is 10.0. The van der Waals surface area contributed by atoms with Crippen LogP contribution in [0.25, 0.3) is 0 Å². The predicted molar refractivity (Wildman–Crippen MR) is 146 cm³/mol. The molecule has 1 heterocycles. The molecule has 0 unspecified atom stereocenters. The van der Waals surface area contributed by atoms with Crippen LogP contribution in [-0.2, 0) is 4.74 Å². The molecule has 3 aromatic rings. The van der Waals surface area contributed by atoms with Crippen LogP contribution in [0.15, 0.2) is 66.7 Å². The van der Waals surface area contributed by atoms with Crippen molar-refractivity contribution >= 4 is 52.4 Å². The van der Waals surface area contributed by atoms with Gasteiger partial charge in [0, 0.05) is 48.4 Å². The van der Waals surface area contributed by atoms with Gasteiger partial charge in [0.05, 0.1) is 22.2 Å². The van der Waals surface area contributed by atoms with Crippen LogP contribution < -0.4 is 4.90 Å². The third-order valence-electron chi connectivity index (χ3n) is 6.60. The van der Waals surface area contributed by atoms with Crippen LogP contribution in [0.4, 0.5) is 5.69 Å². The number of amides is 1. The molecular weight excluding hydrogens is 519 g/mol. The van der Waals surface area contributed by atoms with Crippen molar-refractivity contribution < 1.29 is 14.3 Å². The molecule has 8 heteroatoms. The zero-order valence-electron chi connectivity index (χ0n) is 20.1. The smallest absolute Gasteiger partial charge is 0.338 e. The van der Waals surface area contributed by atoms with Gasteiger partial charge in [-0.3, -0.25) is 4.79 Å². The number of benzene rings is 3. The fourth-order valence-corrected chi connectivity index (χ4v) is 5.11. The van der Waals surface area contributed by atoms with Crippen molar-refractivity contribution in [3.05, 3.63) is 98.5 Å². The van der Waals surface area contributed by atoms with Crippen LogP contribution in [0.2, 0.25) is 15.1 Å². The summed E-state index contributed by atoms with van der Waals surface area (Å²) in [5, 5.41) is 1.56. The molecule has 1 saturated heterocycles. The lowest BCUT2D eigenvalue weighted by atomic mass is 9.84. The Morgan fingerprint density at radius 3 is 2.25 bits per heavy atom. The average molecular weight is 546 g/mol. The quantitative estimate of drug-likeness (QED) is 0.314. The van der Waals surface area contributed by atoms with E-state index in [0.29, 0.717) is 39.3 Å². The lowest BCUT2D eigenvalue weighted by molar-refractivity contribution is 0.0526. The number of ether oxygens (including phenoxy) is 1. The number of hydrogen-bond acceptors (Lipinski definition) is 4. The number of piperidine rings is 1. The standard InChI is InChI=1S/C28H27Cl3N2O3/c1-3-36-28(35)19-6-11-22(12-7-19)33-15-14-26(23(17-33)20-8-13-24(30)25(31)16-20)32(2)27(34)18-4-9-21(29)10-5-18/h4-13,16,23,26H,3,14-15,17H2,1-2H3/t23-,26+/m0/s1. The van der Waals surface area contributed by atoms with E-state index in [-0.39, 0.29) is 23.8 Å². The molecule has 0 bridgehead atoms. The van der Waals surface area contributed by atoms with E-state index >= 15 is 0 Å².